The number of benzene rings is 1. The third-order valence-electron chi connectivity index (χ3n) is 5.38. The molecule has 2 aliphatic rings. The van der Waals surface area contributed by atoms with Gasteiger partial charge in [0, 0.05) is 63.6 Å². The Kier molecular flexibility index (Phi) is 3.68. The molecule has 1 unspecified atom stereocenters. The van der Waals surface area contributed by atoms with E-state index in [1.807, 2.05) is 6.07 Å². The molecule has 25 heavy (non-hydrogen) atoms. The highest BCUT2D eigenvalue weighted by molar-refractivity contribution is 7.91. The lowest BCUT2D eigenvalue weighted by atomic mass is 9.58. The number of hydrogen-bond donors (Lipinski definition) is 1. The molecule has 0 bridgehead atoms. The van der Waals surface area contributed by atoms with Gasteiger partial charge in [0.25, 0.3) is 0 Å². The number of anilines is 1. The monoisotopic (exact) mass is 363 g/mol. The van der Waals surface area contributed by atoms with Crippen molar-refractivity contribution in [1.29, 1.82) is 4.78 Å². The van der Waals surface area contributed by atoms with E-state index < -0.39 is 9.73 Å². The van der Waals surface area contributed by atoms with Crippen LogP contribution in [-0.2, 0) is 9.73 Å². The molecular formula is C18H22FN3O2S. The number of nitrogens with zero attached hydrogens (tertiary/aromatic N) is 2. The number of halogens is 1. The van der Waals surface area contributed by atoms with Gasteiger partial charge in [-0.25, -0.2) is 4.39 Å². The maximum absolute atomic E-state index is 14.1. The number of hydrogen-bond acceptors (Lipinski definition) is 5. The number of pyridine rings is 1. The van der Waals surface area contributed by atoms with Crippen molar-refractivity contribution in [3.05, 3.63) is 30.2 Å². The topological polar surface area (TPSA) is 66.3 Å². The van der Waals surface area contributed by atoms with E-state index in [9.17, 15) is 8.60 Å². The highest BCUT2D eigenvalue weighted by Crippen LogP contribution is 2.53. The first-order chi connectivity index (χ1) is 11.8. The molecule has 0 radical (unpaired) electrons. The first kappa shape index (κ1) is 16.6. The molecule has 1 atom stereocenters. The smallest absolute Gasteiger partial charge is 0.165 e. The van der Waals surface area contributed by atoms with Gasteiger partial charge in [-0.15, -0.1) is 0 Å². The Balaban J connectivity index is 1.51. The van der Waals surface area contributed by atoms with Crippen molar-refractivity contribution in [2.75, 3.05) is 37.1 Å². The number of aromatic nitrogens is 1. The van der Waals surface area contributed by atoms with Gasteiger partial charge in [-0.05, 0) is 30.9 Å². The number of nitrogens with one attached hydrogen (secondary N) is 1. The van der Waals surface area contributed by atoms with Gasteiger partial charge < -0.3 is 9.64 Å². The van der Waals surface area contributed by atoms with Gasteiger partial charge in [0.05, 0.1) is 12.6 Å². The lowest BCUT2D eigenvalue weighted by Crippen LogP contribution is -2.63. The van der Waals surface area contributed by atoms with Crippen LogP contribution >= 0.6 is 0 Å². The molecule has 5 nitrogen and oxygen atoms in total. The number of ether oxygens (including phenoxy) is 1. The van der Waals surface area contributed by atoms with Crippen LogP contribution in [0.25, 0.3) is 10.9 Å². The lowest BCUT2D eigenvalue weighted by Gasteiger charge is -2.60. The Morgan fingerprint density at radius 1 is 1.44 bits per heavy atom. The van der Waals surface area contributed by atoms with E-state index in [-0.39, 0.29) is 17.0 Å². The molecular weight excluding hydrogens is 341 g/mol. The Labute approximate surface area is 147 Å². The molecule has 1 aliphatic carbocycles. The molecule has 1 saturated carbocycles. The minimum absolute atomic E-state index is 0.206. The Morgan fingerprint density at radius 2 is 2.16 bits per heavy atom. The summed E-state index contributed by atoms with van der Waals surface area (Å²) in [7, 11) is -0.950. The maximum Gasteiger partial charge on any atom is 0.165 e. The van der Waals surface area contributed by atoms with Gasteiger partial charge in [0.15, 0.2) is 11.6 Å². The van der Waals surface area contributed by atoms with Crippen molar-refractivity contribution < 1.29 is 13.3 Å². The standard InChI is InChI=1S/C18H22FN3O2S/c1-24-17-6-15-13(5-14(17)19)16(3-4-21-15)22-10-18(11-22)7-12(8-18)9-25(2,20)23/h3-6,12,20H,7-11H2,1-2H3. The molecule has 134 valence electrons. The molecule has 1 aromatic carbocycles. The predicted octanol–water partition coefficient (Wildman–Crippen LogP) is 3.28. The fourth-order valence-electron chi connectivity index (χ4n) is 4.49. The highest BCUT2D eigenvalue weighted by atomic mass is 32.2. The van der Waals surface area contributed by atoms with Crippen molar-refractivity contribution in [1.82, 2.24) is 4.98 Å². The zero-order valence-corrected chi connectivity index (χ0v) is 15.2. The van der Waals surface area contributed by atoms with Crippen LogP contribution in [0.2, 0.25) is 0 Å². The van der Waals surface area contributed by atoms with Crippen LogP contribution in [0.5, 0.6) is 5.75 Å². The van der Waals surface area contributed by atoms with Crippen LogP contribution in [0, 0.1) is 21.9 Å². The SMILES string of the molecule is COc1cc2nccc(N3CC4(CC(CS(C)(=N)=O)C4)C3)c2cc1F. The fourth-order valence-corrected chi connectivity index (χ4v) is 5.62. The molecule has 7 heteroatoms. The predicted molar refractivity (Wildman–Crippen MR) is 97.3 cm³/mol. The summed E-state index contributed by atoms with van der Waals surface area (Å²) in [6, 6.07) is 5.06. The lowest BCUT2D eigenvalue weighted by molar-refractivity contribution is 0.0358. The quantitative estimate of drug-likeness (QED) is 0.905. The van der Waals surface area contributed by atoms with Gasteiger partial charge in [-0.3, -0.25) is 14.0 Å². The maximum atomic E-state index is 14.1. The third kappa shape index (κ3) is 2.94. The van der Waals surface area contributed by atoms with E-state index in [1.165, 1.54) is 19.4 Å². The third-order valence-corrected chi connectivity index (χ3v) is 6.49. The molecule has 1 N–H and O–H groups in total. The first-order valence-electron chi connectivity index (χ1n) is 8.37. The minimum Gasteiger partial charge on any atom is -0.494 e. The molecule has 1 saturated heterocycles. The second-order valence-corrected chi connectivity index (χ2v) is 9.98. The van der Waals surface area contributed by atoms with Gasteiger partial charge in [0.2, 0.25) is 0 Å². The number of rotatable bonds is 4. The molecule has 2 aromatic rings. The summed E-state index contributed by atoms with van der Waals surface area (Å²) in [5.74, 6) is 0.750. The van der Waals surface area contributed by atoms with Gasteiger partial charge in [0.1, 0.15) is 0 Å². The van der Waals surface area contributed by atoms with Crippen molar-refractivity contribution in [2.45, 2.75) is 12.8 Å². The molecule has 4 rings (SSSR count). The van der Waals surface area contributed by atoms with E-state index in [0.717, 1.165) is 42.5 Å². The van der Waals surface area contributed by atoms with Crippen LogP contribution in [0.15, 0.2) is 24.4 Å². The van der Waals surface area contributed by atoms with Crippen molar-refractivity contribution in [2.24, 2.45) is 11.3 Å². The summed E-state index contributed by atoms with van der Waals surface area (Å²) in [5.41, 5.74) is 2.01. The van der Waals surface area contributed by atoms with E-state index in [4.69, 9.17) is 9.52 Å². The summed E-state index contributed by atoms with van der Waals surface area (Å²) in [6.45, 7) is 1.86. The Bertz CT molecular complexity index is 931. The molecule has 0 amide bonds. The normalized spacial score (nSPS) is 21.6. The Morgan fingerprint density at radius 3 is 2.80 bits per heavy atom. The van der Waals surface area contributed by atoms with Gasteiger partial charge in [-0.1, -0.05) is 0 Å². The van der Waals surface area contributed by atoms with Gasteiger partial charge >= 0.3 is 0 Å². The zero-order valence-electron chi connectivity index (χ0n) is 14.4. The molecule has 2 heterocycles. The van der Waals surface area contributed by atoms with E-state index >= 15 is 0 Å². The van der Waals surface area contributed by atoms with Crippen molar-refractivity contribution in [3.63, 3.8) is 0 Å². The molecule has 1 spiro atoms. The van der Waals surface area contributed by atoms with E-state index in [2.05, 4.69) is 9.88 Å². The summed E-state index contributed by atoms with van der Waals surface area (Å²) >= 11 is 0. The second kappa shape index (κ2) is 5.56. The van der Waals surface area contributed by atoms with E-state index in [1.54, 1.807) is 12.3 Å². The summed E-state index contributed by atoms with van der Waals surface area (Å²) in [6.07, 6.45) is 5.35. The average molecular weight is 363 g/mol. The van der Waals surface area contributed by atoms with Crippen LogP contribution in [-0.4, -0.2) is 41.4 Å². The van der Waals surface area contributed by atoms with Gasteiger partial charge in [-0.2, -0.15) is 0 Å². The first-order valence-corrected chi connectivity index (χ1v) is 10.5. The molecule has 1 aliphatic heterocycles. The van der Waals surface area contributed by atoms with Crippen LogP contribution < -0.4 is 9.64 Å². The average Bonchev–Trinajstić information content (AvgIpc) is 2.46. The summed E-state index contributed by atoms with van der Waals surface area (Å²) in [5, 5.41) is 0.800. The largest absolute Gasteiger partial charge is 0.494 e. The minimum atomic E-state index is -2.40. The van der Waals surface area contributed by atoms with Crippen LogP contribution in [0.3, 0.4) is 0 Å². The zero-order chi connectivity index (χ0) is 17.8. The second-order valence-electron chi connectivity index (χ2n) is 7.64. The van der Waals surface area contributed by atoms with Crippen molar-refractivity contribution in [3.8, 4) is 5.75 Å². The summed E-state index contributed by atoms with van der Waals surface area (Å²) in [4.78, 5) is 6.59. The van der Waals surface area contributed by atoms with Crippen molar-refractivity contribution >= 4 is 26.3 Å². The molecule has 1 aromatic heterocycles. The summed E-state index contributed by atoms with van der Waals surface area (Å²) < 4.78 is 38.4. The fraction of sp³-hybridized carbons (Fsp3) is 0.500. The Hall–Kier alpha value is -1.89. The number of fused-ring (bicyclic) bond motifs is 1. The number of methoxy groups -OCH3 is 1. The van der Waals surface area contributed by atoms with Crippen LogP contribution in [0.4, 0.5) is 10.1 Å². The molecule has 2 fully saturated rings. The van der Waals surface area contributed by atoms with E-state index in [0.29, 0.717) is 11.7 Å². The highest BCUT2D eigenvalue weighted by Gasteiger charge is 2.52. The van der Waals surface area contributed by atoms with Crippen LogP contribution in [0.1, 0.15) is 12.8 Å².